The fourth-order valence-corrected chi connectivity index (χ4v) is 2.71. The Hall–Kier alpha value is -1.39. The van der Waals surface area contributed by atoms with E-state index in [2.05, 4.69) is 29.2 Å². The van der Waals surface area contributed by atoms with E-state index in [-0.39, 0.29) is 0 Å². The van der Waals surface area contributed by atoms with E-state index in [0.29, 0.717) is 13.2 Å². The van der Waals surface area contributed by atoms with Gasteiger partial charge in [0.15, 0.2) is 6.10 Å². The predicted molar refractivity (Wildman–Crippen MR) is 71.1 cm³/mol. The minimum absolute atomic E-state index is 0.480. The molecular weight excluding hydrogens is 242 g/mol. The molecular formula is C15H19NO3. The molecule has 1 aromatic carbocycles. The monoisotopic (exact) mass is 261 g/mol. The molecule has 0 amide bonds. The summed E-state index contributed by atoms with van der Waals surface area (Å²) < 4.78 is 5.26. The van der Waals surface area contributed by atoms with Gasteiger partial charge in [0.1, 0.15) is 0 Å². The lowest BCUT2D eigenvalue weighted by atomic mass is 10.0. The second-order valence-electron chi connectivity index (χ2n) is 5.41. The van der Waals surface area contributed by atoms with Crippen LogP contribution in [0.2, 0.25) is 0 Å². The Kier molecular flexibility index (Phi) is 3.53. The summed E-state index contributed by atoms with van der Waals surface area (Å²) in [7, 11) is 0. The third-order valence-electron chi connectivity index (χ3n) is 3.89. The Bertz CT molecular complexity index is 470. The van der Waals surface area contributed by atoms with Gasteiger partial charge in [-0.1, -0.05) is 24.3 Å². The molecule has 2 aliphatic rings. The third kappa shape index (κ3) is 2.96. The van der Waals surface area contributed by atoms with Crippen molar-refractivity contribution in [2.75, 3.05) is 19.7 Å². The number of hydrogen-bond acceptors (Lipinski definition) is 3. The normalized spacial score (nSPS) is 24.3. The van der Waals surface area contributed by atoms with Gasteiger partial charge in [-0.2, -0.15) is 0 Å². The highest BCUT2D eigenvalue weighted by Crippen LogP contribution is 2.41. The topological polar surface area (TPSA) is 49.8 Å². The zero-order valence-electron chi connectivity index (χ0n) is 10.9. The first-order valence-corrected chi connectivity index (χ1v) is 6.88. The lowest BCUT2D eigenvalue weighted by molar-refractivity contribution is -0.156. The SMILES string of the molecule is O=C(O)C1CN(Cc2ccccc2C2CC2)CCO1. The lowest BCUT2D eigenvalue weighted by Crippen LogP contribution is -2.45. The van der Waals surface area contributed by atoms with Gasteiger partial charge in [0, 0.05) is 19.6 Å². The number of ether oxygens (including phenoxy) is 1. The maximum Gasteiger partial charge on any atom is 0.334 e. The maximum absolute atomic E-state index is 11.0. The molecule has 4 heteroatoms. The number of carboxylic acid groups (broad SMARTS) is 1. The highest BCUT2D eigenvalue weighted by molar-refractivity contribution is 5.72. The predicted octanol–water partition coefficient (Wildman–Crippen LogP) is 1.85. The molecule has 4 nitrogen and oxygen atoms in total. The van der Waals surface area contributed by atoms with Gasteiger partial charge in [0.25, 0.3) is 0 Å². The summed E-state index contributed by atoms with van der Waals surface area (Å²) in [5.74, 6) is -0.132. The fourth-order valence-electron chi connectivity index (χ4n) is 2.71. The van der Waals surface area contributed by atoms with Crippen molar-refractivity contribution in [3.8, 4) is 0 Å². The lowest BCUT2D eigenvalue weighted by Gasteiger charge is -2.31. The Balaban J connectivity index is 1.69. The second kappa shape index (κ2) is 5.31. The van der Waals surface area contributed by atoms with Gasteiger partial charge in [-0.25, -0.2) is 4.79 Å². The third-order valence-corrected chi connectivity index (χ3v) is 3.89. The Morgan fingerprint density at radius 2 is 2.16 bits per heavy atom. The smallest absolute Gasteiger partial charge is 0.334 e. The van der Waals surface area contributed by atoms with Crippen molar-refractivity contribution < 1.29 is 14.6 Å². The van der Waals surface area contributed by atoms with Crippen molar-refractivity contribution in [1.82, 2.24) is 4.90 Å². The minimum Gasteiger partial charge on any atom is -0.479 e. The van der Waals surface area contributed by atoms with Gasteiger partial charge in [0.05, 0.1) is 6.61 Å². The molecule has 3 rings (SSSR count). The van der Waals surface area contributed by atoms with Gasteiger partial charge in [-0.05, 0) is 29.9 Å². The Labute approximate surface area is 113 Å². The molecule has 1 heterocycles. The zero-order valence-corrected chi connectivity index (χ0v) is 10.9. The van der Waals surface area contributed by atoms with Crippen molar-refractivity contribution in [2.45, 2.75) is 31.4 Å². The van der Waals surface area contributed by atoms with Crippen LogP contribution in [0.1, 0.15) is 29.9 Å². The summed E-state index contributed by atoms with van der Waals surface area (Å²) in [6.07, 6.45) is 1.90. The highest BCUT2D eigenvalue weighted by Gasteiger charge is 2.29. The number of aliphatic carboxylic acids is 1. The summed E-state index contributed by atoms with van der Waals surface area (Å²) in [6, 6.07) is 8.54. The molecule has 1 aliphatic carbocycles. The maximum atomic E-state index is 11.0. The molecule has 1 unspecified atom stereocenters. The van der Waals surface area contributed by atoms with E-state index >= 15 is 0 Å². The van der Waals surface area contributed by atoms with E-state index in [1.54, 1.807) is 0 Å². The number of carbonyl (C=O) groups is 1. The average Bonchev–Trinajstić information content (AvgIpc) is 3.24. The summed E-state index contributed by atoms with van der Waals surface area (Å²) in [5, 5.41) is 9.02. The Morgan fingerprint density at radius 1 is 1.37 bits per heavy atom. The Morgan fingerprint density at radius 3 is 2.89 bits per heavy atom. The fraction of sp³-hybridized carbons (Fsp3) is 0.533. The van der Waals surface area contributed by atoms with E-state index in [1.807, 2.05) is 0 Å². The first-order chi connectivity index (χ1) is 9.24. The highest BCUT2D eigenvalue weighted by atomic mass is 16.5. The van der Waals surface area contributed by atoms with Gasteiger partial charge in [0.2, 0.25) is 0 Å². The molecule has 1 saturated heterocycles. The van der Waals surface area contributed by atoms with Crippen molar-refractivity contribution in [2.24, 2.45) is 0 Å². The standard InChI is InChI=1S/C15H19NO3/c17-15(18)14-10-16(7-8-19-14)9-12-3-1-2-4-13(12)11-5-6-11/h1-4,11,14H,5-10H2,(H,17,18). The number of morpholine rings is 1. The number of benzene rings is 1. The molecule has 0 aromatic heterocycles. The molecule has 1 atom stereocenters. The average molecular weight is 261 g/mol. The largest absolute Gasteiger partial charge is 0.479 e. The van der Waals surface area contributed by atoms with E-state index in [0.717, 1.165) is 19.0 Å². The summed E-state index contributed by atoms with van der Waals surface area (Å²) in [6.45, 7) is 2.62. The van der Waals surface area contributed by atoms with Crippen molar-refractivity contribution in [3.63, 3.8) is 0 Å². The molecule has 102 valence electrons. The molecule has 1 aromatic rings. The van der Waals surface area contributed by atoms with Crippen molar-refractivity contribution in [3.05, 3.63) is 35.4 Å². The van der Waals surface area contributed by atoms with Crippen LogP contribution in [0.4, 0.5) is 0 Å². The summed E-state index contributed by atoms with van der Waals surface area (Å²) >= 11 is 0. The minimum atomic E-state index is -0.861. The number of hydrogen-bond donors (Lipinski definition) is 1. The number of rotatable bonds is 4. The van der Waals surface area contributed by atoms with Crippen LogP contribution in [-0.2, 0) is 16.1 Å². The molecule has 0 bridgehead atoms. The molecule has 1 N–H and O–H groups in total. The van der Waals surface area contributed by atoms with Crippen LogP contribution in [0.15, 0.2) is 24.3 Å². The van der Waals surface area contributed by atoms with E-state index in [4.69, 9.17) is 9.84 Å². The molecule has 0 spiro atoms. The van der Waals surface area contributed by atoms with Crippen LogP contribution >= 0.6 is 0 Å². The molecule has 19 heavy (non-hydrogen) atoms. The van der Waals surface area contributed by atoms with Crippen LogP contribution in [0, 0.1) is 0 Å². The molecule has 1 aliphatic heterocycles. The molecule has 2 fully saturated rings. The van der Waals surface area contributed by atoms with Gasteiger partial charge in [-0.15, -0.1) is 0 Å². The number of nitrogens with zero attached hydrogens (tertiary/aromatic N) is 1. The van der Waals surface area contributed by atoms with Crippen LogP contribution in [-0.4, -0.2) is 41.8 Å². The van der Waals surface area contributed by atoms with Gasteiger partial charge >= 0.3 is 5.97 Å². The molecule has 1 saturated carbocycles. The van der Waals surface area contributed by atoms with Crippen molar-refractivity contribution >= 4 is 5.97 Å². The van der Waals surface area contributed by atoms with Crippen LogP contribution < -0.4 is 0 Å². The van der Waals surface area contributed by atoms with Gasteiger partial charge in [-0.3, -0.25) is 4.90 Å². The first-order valence-electron chi connectivity index (χ1n) is 6.88. The number of carboxylic acids is 1. The zero-order chi connectivity index (χ0) is 13.2. The summed E-state index contributed by atoms with van der Waals surface area (Å²) in [4.78, 5) is 13.2. The van der Waals surface area contributed by atoms with Crippen LogP contribution in [0.3, 0.4) is 0 Å². The van der Waals surface area contributed by atoms with Crippen LogP contribution in [0.5, 0.6) is 0 Å². The first kappa shape index (κ1) is 12.6. The van der Waals surface area contributed by atoms with E-state index in [9.17, 15) is 4.79 Å². The van der Waals surface area contributed by atoms with Crippen LogP contribution in [0.25, 0.3) is 0 Å². The quantitative estimate of drug-likeness (QED) is 0.898. The van der Waals surface area contributed by atoms with E-state index in [1.165, 1.54) is 24.0 Å². The second-order valence-corrected chi connectivity index (χ2v) is 5.41. The summed E-state index contributed by atoms with van der Waals surface area (Å²) in [5.41, 5.74) is 2.79. The van der Waals surface area contributed by atoms with E-state index < -0.39 is 12.1 Å². The molecule has 0 radical (unpaired) electrons. The van der Waals surface area contributed by atoms with Gasteiger partial charge < -0.3 is 9.84 Å². The van der Waals surface area contributed by atoms with Crippen molar-refractivity contribution in [1.29, 1.82) is 0 Å².